The minimum absolute atomic E-state index is 0.181. The molecule has 0 aromatic carbocycles. The molecule has 5 N–H and O–H groups in total. The molecule has 0 spiro atoms. The highest BCUT2D eigenvalue weighted by Gasteiger charge is 2.34. The molecule has 0 fully saturated rings. The minimum atomic E-state index is -0.590. The van der Waals surface area contributed by atoms with E-state index in [1.807, 2.05) is 13.8 Å². The molecule has 2 heterocycles. The first-order valence-corrected chi connectivity index (χ1v) is 4.50. The van der Waals surface area contributed by atoms with Gasteiger partial charge in [0, 0.05) is 12.4 Å². The van der Waals surface area contributed by atoms with Gasteiger partial charge < -0.3 is 16.5 Å². The number of guanidine groups is 2. The van der Waals surface area contributed by atoms with E-state index in [0.29, 0.717) is 5.95 Å². The predicted octanol–water partition coefficient (Wildman–Crippen LogP) is -0.405. The Morgan fingerprint density at radius 2 is 2.13 bits per heavy atom. The summed E-state index contributed by atoms with van der Waals surface area (Å²) in [6, 6.07) is 0. The van der Waals surface area contributed by atoms with E-state index in [-0.39, 0.29) is 11.9 Å². The van der Waals surface area contributed by atoms with Gasteiger partial charge in [0.1, 0.15) is 5.66 Å². The van der Waals surface area contributed by atoms with E-state index in [0.717, 1.165) is 0 Å². The number of nitrogens with two attached hydrogens (primary N) is 2. The topological polar surface area (TPSA) is 109 Å². The van der Waals surface area contributed by atoms with Crippen molar-refractivity contribution in [3.63, 3.8) is 0 Å². The molecule has 7 heteroatoms. The lowest BCUT2D eigenvalue weighted by atomic mass is 10.2. The second kappa shape index (κ2) is 2.97. The summed E-state index contributed by atoms with van der Waals surface area (Å²) >= 11 is 0. The summed E-state index contributed by atoms with van der Waals surface area (Å²) in [6.45, 7) is 3.76. The second-order valence-electron chi connectivity index (χ2n) is 3.68. The highest BCUT2D eigenvalue weighted by molar-refractivity contribution is 6.04. The fraction of sp³-hybridized carbons (Fsp3) is 0.375. The highest BCUT2D eigenvalue weighted by Crippen LogP contribution is 2.23. The van der Waals surface area contributed by atoms with Crippen molar-refractivity contribution in [1.82, 2.24) is 9.97 Å². The smallest absolute Gasteiger partial charge is 0.220 e. The zero-order valence-electron chi connectivity index (χ0n) is 8.60. The van der Waals surface area contributed by atoms with Gasteiger partial charge in [0.05, 0.1) is 0 Å². The first-order valence-electron chi connectivity index (χ1n) is 4.50. The van der Waals surface area contributed by atoms with Crippen molar-refractivity contribution in [2.75, 3.05) is 4.90 Å². The molecule has 0 saturated carbocycles. The summed E-state index contributed by atoms with van der Waals surface area (Å²) in [7, 11) is 0. The average Bonchev–Trinajstić information content (AvgIpc) is 2.52. The molecule has 1 aliphatic rings. The first-order chi connectivity index (χ1) is 7.00. The Hall–Kier alpha value is -2.05. The molecule has 0 unspecified atom stereocenters. The van der Waals surface area contributed by atoms with Gasteiger partial charge in [-0.25, -0.2) is 9.98 Å². The van der Waals surface area contributed by atoms with E-state index < -0.39 is 5.66 Å². The van der Waals surface area contributed by atoms with Crippen LogP contribution in [-0.2, 0) is 0 Å². The van der Waals surface area contributed by atoms with E-state index in [9.17, 15) is 0 Å². The molecule has 0 amide bonds. The molecule has 80 valence electrons. The van der Waals surface area contributed by atoms with Gasteiger partial charge in [0.25, 0.3) is 0 Å². The number of imidazole rings is 1. The SMILES string of the molecule is CC1(C)N=C(N)N=C(N)N1c1ncc[nH]1. The van der Waals surface area contributed by atoms with Crippen LogP contribution in [0.4, 0.5) is 5.95 Å². The maximum Gasteiger partial charge on any atom is 0.220 e. The lowest BCUT2D eigenvalue weighted by Crippen LogP contribution is -2.54. The molecule has 0 atom stereocenters. The standard InChI is InChI=1S/C8H13N7/c1-8(2)14-5(9)13-6(10)15(8)7-11-3-4-12-7/h3-4H,1-2H3,(H,11,12)(H4,9,10,13,14). The highest BCUT2D eigenvalue weighted by atomic mass is 15.5. The van der Waals surface area contributed by atoms with E-state index >= 15 is 0 Å². The zero-order valence-corrected chi connectivity index (χ0v) is 8.60. The van der Waals surface area contributed by atoms with Crippen LogP contribution in [-0.4, -0.2) is 27.5 Å². The molecular formula is C8H13N7. The number of aliphatic imine (C=N–C) groups is 2. The summed E-state index contributed by atoms with van der Waals surface area (Å²) in [6.07, 6.45) is 3.35. The van der Waals surface area contributed by atoms with Gasteiger partial charge in [-0.1, -0.05) is 0 Å². The summed E-state index contributed by atoms with van der Waals surface area (Å²) in [5.41, 5.74) is 10.7. The Kier molecular flexibility index (Phi) is 1.88. The molecule has 15 heavy (non-hydrogen) atoms. The maximum atomic E-state index is 5.79. The summed E-state index contributed by atoms with van der Waals surface area (Å²) < 4.78 is 0. The quantitative estimate of drug-likeness (QED) is 0.581. The van der Waals surface area contributed by atoms with Crippen LogP contribution >= 0.6 is 0 Å². The lowest BCUT2D eigenvalue weighted by Gasteiger charge is -2.36. The van der Waals surface area contributed by atoms with E-state index in [1.165, 1.54) is 0 Å². The third-order valence-corrected chi connectivity index (χ3v) is 2.09. The van der Waals surface area contributed by atoms with Gasteiger partial charge in [-0.2, -0.15) is 4.99 Å². The van der Waals surface area contributed by atoms with Crippen molar-refractivity contribution < 1.29 is 0 Å². The van der Waals surface area contributed by atoms with Crippen molar-refractivity contribution in [2.45, 2.75) is 19.5 Å². The fourth-order valence-electron chi connectivity index (χ4n) is 1.55. The number of hydrogen-bond donors (Lipinski definition) is 3. The Balaban J connectivity index is 2.45. The number of aromatic amines is 1. The zero-order chi connectivity index (χ0) is 11.1. The van der Waals surface area contributed by atoms with E-state index in [2.05, 4.69) is 20.0 Å². The van der Waals surface area contributed by atoms with Crippen molar-refractivity contribution in [3.05, 3.63) is 12.4 Å². The van der Waals surface area contributed by atoms with E-state index in [1.54, 1.807) is 17.3 Å². The molecule has 0 radical (unpaired) electrons. The van der Waals surface area contributed by atoms with Crippen LogP contribution in [0.1, 0.15) is 13.8 Å². The van der Waals surface area contributed by atoms with Crippen LogP contribution < -0.4 is 16.4 Å². The number of nitrogens with zero attached hydrogens (tertiary/aromatic N) is 4. The van der Waals surface area contributed by atoms with Crippen LogP contribution in [0.25, 0.3) is 0 Å². The Bertz CT molecular complexity index is 414. The maximum absolute atomic E-state index is 5.79. The van der Waals surface area contributed by atoms with Crippen LogP contribution in [0.15, 0.2) is 22.4 Å². The fourth-order valence-corrected chi connectivity index (χ4v) is 1.55. The lowest BCUT2D eigenvalue weighted by molar-refractivity contribution is 0.526. The summed E-state index contributed by atoms with van der Waals surface area (Å²) in [5, 5.41) is 0. The molecule has 1 aromatic rings. The number of aromatic nitrogens is 2. The van der Waals surface area contributed by atoms with Crippen molar-refractivity contribution >= 4 is 17.9 Å². The molecule has 2 rings (SSSR count). The van der Waals surface area contributed by atoms with Crippen LogP contribution in [0.3, 0.4) is 0 Å². The normalized spacial score (nSPS) is 19.7. The van der Waals surface area contributed by atoms with Crippen molar-refractivity contribution in [1.29, 1.82) is 0 Å². The van der Waals surface area contributed by atoms with Crippen LogP contribution in [0.2, 0.25) is 0 Å². The number of rotatable bonds is 1. The van der Waals surface area contributed by atoms with Crippen molar-refractivity contribution in [3.8, 4) is 0 Å². The van der Waals surface area contributed by atoms with E-state index in [4.69, 9.17) is 11.5 Å². The third kappa shape index (κ3) is 1.51. The van der Waals surface area contributed by atoms with Crippen molar-refractivity contribution in [2.24, 2.45) is 21.5 Å². The second-order valence-corrected chi connectivity index (χ2v) is 3.68. The Morgan fingerprint density at radius 1 is 1.40 bits per heavy atom. The summed E-state index contributed by atoms with van der Waals surface area (Å²) in [5.74, 6) is 1.06. The number of nitrogens with one attached hydrogen (secondary N) is 1. The van der Waals surface area contributed by atoms with Gasteiger partial charge in [-0.05, 0) is 13.8 Å². The number of anilines is 1. The Morgan fingerprint density at radius 3 is 2.67 bits per heavy atom. The molecule has 7 nitrogen and oxygen atoms in total. The van der Waals surface area contributed by atoms with Crippen LogP contribution in [0, 0.1) is 0 Å². The average molecular weight is 207 g/mol. The Labute approximate surface area is 86.9 Å². The summed E-state index contributed by atoms with van der Waals surface area (Å²) in [4.78, 5) is 16.8. The third-order valence-electron chi connectivity index (χ3n) is 2.09. The molecule has 1 aromatic heterocycles. The monoisotopic (exact) mass is 207 g/mol. The predicted molar refractivity (Wildman–Crippen MR) is 58.4 cm³/mol. The number of hydrogen-bond acceptors (Lipinski definition) is 6. The van der Waals surface area contributed by atoms with Crippen LogP contribution in [0.5, 0.6) is 0 Å². The van der Waals surface area contributed by atoms with Gasteiger partial charge in [-0.15, -0.1) is 0 Å². The molecular weight excluding hydrogens is 194 g/mol. The molecule has 0 saturated heterocycles. The van der Waals surface area contributed by atoms with Gasteiger partial charge in [-0.3, -0.25) is 4.90 Å². The minimum Gasteiger partial charge on any atom is -0.369 e. The molecule has 0 bridgehead atoms. The molecule has 1 aliphatic heterocycles. The van der Waals surface area contributed by atoms with Gasteiger partial charge in [0.15, 0.2) is 0 Å². The van der Waals surface area contributed by atoms with Gasteiger partial charge >= 0.3 is 0 Å². The molecule has 0 aliphatic carbocycles. The largest absolute Gasteiger partial charge is 0.369 e. The number of H-pyrrole nitrogens is 1. The first kappa shape index (κ1) is 9.50. The van der Waals surface area contributed by atoms with Gasteiger partial charge in [0.2, 0.25) is 17.9 Å².